The van der Waals surface area contributed by atoms with Gasteiger partial charge in [-0.25, -0.2) is 14.4 Å². The van der Waals surface area contributed by atoms with Crippen LogP contribution in [0.1, 0.15) is 62.3 Å². The van der Waals surface area contributed by atoms with Crippen LogP contribution in [0.4, 0.5) is 10.2 Å². The van der Waals surface area contributed by atoms with E-state index in [4.69, 9.17) is 17.3 Å². The van der Waals surface area contributed by atoms with Crippen molar-refractivity contribution < 1.29 is 9.18 Å². The summed E-state index contributed by atoms with van der Waals surface area (Å²) in [6.45, 7) is 8.57. The molecule has 2 heterocycles. The van der Waals surface area contributed by atoms with Crippen molar-refractivity contribution in [3.05, 3.63) is 52.2 Å². The van der Waals surface area contributed by atoms with Crippen molar-refractivity contribution in [2.45, 2.75) is 57.4 Å². The second kappa shape index (κ2) is 11.4. The molecule has 2 atom stereocenters. The Bertz CT molecular complexity index is 1010. The van der Waals surface area contributed by atoms with Crippen LogP contribution in [0.15, 0.2) is 24.5 Å². The maximum Gasteiger partial charge on any atom is 0.230 e. The van der Waals surface area contributed by atoms with Crippen LogP contribution in [-0.2, 0) is 11.2 Å². The lowest BCUT2D eigenvalue weighted by molar-refractivity contribution is -0.133. The number of benzene rings is 1. The lowest BCUT2D eigenvalue weighted by Gasteiger charge is -2.38. The van der Waals surface area contributed by atoms with E-state index in [1.807, 2.05) is 18.7 Å². The molecule has 1 aliphatic carbocycles. The highest BCUT2D eigenvalue weighted by atomic mass is 35.5. The lowest BCUT2D eigenvalue weighted by Crippen LogP contribution is -2.51. The summed E-state index contributed by atoms with van der Waals surface area (Å²) in [5, 5.41) is 0.0483. The Balaban J connectivity index is 0.00000204. The van der Waals surface area contributed by atoms with Crippen molar-refractivity contribution in [3.8, 4) is 0 Å². The van der Waals surface area contributed by atoms with Crippen molar-refractivity contribution in [1.82, 2.24) is 14.9 Å². The van der Waals surface area contributed by atoms with Crippen LogP contribution >= 0.6 is 36.4 Å². The van der Waals surface area contributed by atoms with Gasteiger partial charge in [0, 0.05) is 43.0 Å². The number of carbonyl (C=O) groups excluding carboxylic acids is 1. The van der Waals surface area contributed by atoms with E-state index in [0.717, 1.165) is 24.4 Å². The molecule has 10 heteroatoms. The summed E-state index contributed by atoms with van der Waals surface area (Å²) in [6, 6.07) is 4.59. The largest absolute Gasteiger partial charge is 0.353 e. The Morgan fingerprint density at radius 2 is 1.91 bits per heavy atom. The van der Waals surface area contributed by atoms with E-state index in [9.17, 15) is 9.18 Å². The van der Waals surface area contributed by atoms with E-state index in [1.165, 1.54) is 17.7 Å². The lowest BCUT2D eigenvalue weighted by atomic mass is 9.85. The number of fused-ring (bicyclic) bond motifs is 1. The standard InChI is InChI=1S/C24H31ClFN5O.2ClH/c1-15-4-7-20-21(15)22(29-14-28-20)30-8-10-31(11-9-30)23(32)17(13-24(2,3)27)16-5-6-18(25)19(26)12-16;;/h5-6,12,14-15,17H,4,7-11,13,27H2,1-3H3;2*1H/t15-,17+;;/m1../s1. The zero-order valence-corrected chi connectivity index (χ0v) is 22.1. The van der Waals surface area contributed by atoms with E-state index in [2.05, 4.69) is 21.8 Å². The minimum atomic E-state index is -0.573. The zero-order valence-electron chi connectivity index (χ0n) is 19.8. The number of nitrogens with zero attached hydrogens (tertiary/aromatic N) is 4. The molecule has 1 amide bonds. The topological polar surface area (TPSA) is 75.4 Å². The number of carbonyl (C=O) groups is 1. The van der Waals surface area contributed by atoms with Crippen LogP contribution < -0.4 is 10.6 Å². The number of halogens is 4. The number of hydrogen-bond acceptors (Lipinski definition) is 5. The molecule has 4 rings (SSSR count). The average molecular weight is 533 g/mol. The molecule has 1 aromatic heterocycles. The Kier molecular flexibility index (Phi) is 9.56. The third kappa shape index (κ3) is 6.11. The molecule has 34 heavy (non-hydrogen) atoms. The molecule has 6 nitrogen and oxygen atoms in total. The number of piperazine rings is 1. The fourth-order valence-electron chi connectivity index (χ4n) is 4.84. The van der Waals surface area contributed by atoms with Gasteiger partial charge < -0.3 is 15.5 Å². The maximum absolute atomic E-state index is 14.2. The van der Waals surface area contributed by atoms with Crippen molar-refractivity contribution in [2.75, 3.05) is 31.1 Å². The molecule has 1 fully saturated rings. The van der Waals surface area contributed by atoms with Crippen LogP contribution in [0.25, 0.3) is 0 Å². The summed E-state index contributed by atoms with van der Waals surface area (Å²) >= 11 is 5.86. The molecule has 0 spiro atoms. The highest BCUT2D eigenvalue weighted by Gasteiger charge is 2.34. The molecule has 2 aliphatic rings. The molecule has 0 unspecified atom stereocenters. The first-order valence-corrected chi connectivity index (χ1v) is 11.6. The molecule has 0 bridgehead atoms. The van der Waals surface area contributed by atoms with Crippen LogP contribution in [0, 0.1) is 5.82 Å². The second-order valence-electron chi connectivity index (χ2n) is 9.73. The third-order valence-corrected chi connectivity index (χ3v) is 6.82. The Morgan fingerprint density at radius 3 is 2.53 bits per heavy atom. The highest BCUT2D eigenvalue weighted by molar-refractivity contribution is 6.30. The Morgan fingerprint density at radius 1 is 1.24 bits per heavy atom. The van der Waals surface area contributed by atoms with E-state index in [0.29, 0.717) is 44.1 Å². The summed E-state index contributed by atoms with van der Waals surface area (Å²) in [5.41, 5.74) is 8.70. The molecule has 1 saturated heterocycles. The fraction of sp³-hybridized carbons (Fsp3) is 0.542. The number of aryl methyl sites for hydroxylation is 1. The van der Waals surface area contributed by atoms with Gasteiger partial charge in [-0.1, -0.05) is 24.6 Å². The Labute approximate surface area is 218 Å². The van der Waals surface area contributed by atoms with Crippen molar-refractivity contribution in [2.24, 2.45) is 5.73 Å². The van der Waals surface area contributed by atoms with E-state index in [-0.39, 0.29) is 35.7 Å². The molecule has 1 aliphatic heterocycles. The number of nitrogens with two attached hydrogens (primary N) is 1. The van der Waals surface area contributed by atoms with E-state index < -0.39 is 17.3 Å². The molecule has 2 aromatic rings. The zero-order chi connectivity index (χ0) is 23.0. The van der Waals surface area contributed by atoms with E-state index in [1.54, 1.807) is 12.4 Å². The molecule has 0 radical (unpaired) electrons. The first-order chi connectivity index (χ1) is 15.1. The number of amides is 1. The Hall–Kier alpha value is -1.67. The van der Waals surface area contributed by atoms with Crippen LogP contribution in [0.3, 0.4) is 0 Å². The molecule has 188 valence electrons. The highest BCUT2D eigenvalue weighted by Crippen LogP contribution is 2.37. The van der Waals surface area contributed by atoms with Gasteiger partial charge in [0.2, 0.25) is 5.91 Å². The number of aromatic nitrogens is 2. The van der Waals surface area contributed by atoms with Crippen LogP contribution in [0.2, 0.25) is 5.02 Å². The first-order valence-electron chi connectivity index (χ1n) is 11.3. The van der Waals surface area contributed by atoms with Gasteiger partial charge in [0.05, 0.1) is 10.9 Å². The third-order valence-electron chi connectivity index (χ3n) is 6.52. The number of hydrogen-bond donors (Lipinski definition) is 1. The van der Waals surface area contributed by atoms with Gasteiger partial charge in [-0.2, -0.15) is 0 Å². The van der Waals surface area contributed by atoms with Crippen molar-refractivity contribution in [1.29, 1.82) is 0 Å². The minimum absolute atomic E-state index is 0. The summed E-state index contributed by atoms with van der Waals surface area (Å²) in [7, 11) is 0. The molecule has 2 N–H and O–H groups in total. The van der Waals surface area contributed by atoms with E-state index >= 15 is 0 Å². The SMILES string of the molecule is C[C@@H]1CCc2ncnc(N3CCN(C(=O)[C@@H](CC(C)(C)N)c4ccc(Cl)c(F)c4)CC3)c21.Cl.Cl. The summed E-state index contributed by atoms with van der Waals surface area (Å²) < 4.78 is 14.2. The summed E-state index contributed by atoms with van der Waals surface area (Å²) in [6.07, 6.45) is 4.18. The monoisotopic (exact) mass is 531 g/mol. The second-order valence-corrected chi connectivity index (χ2v) is 10.1. The fourth-order valence-corrected chi connectivity index (χ4v) is 4.95. The smallest absolute Gasteiger partial charge is 0.230 e. The predicted molar refractivity (Wildman–Crippen MR) is 139 cm³/mol. The summed E-state index contributed by atoms with van der Waals surface area (Å²) in [5.74, 6) is 0.402. The van der Waals surface area contributed by atoms with Gasteiger partial charge in [0.15, 0.2) is 0 Å². The number of rotatable bonds is 5. The molecule has 0 saturated carbocycles. The molecular formula is C24H33Cl3FN5O. The maximum atomic E-state index is 14.2. The van der Waals surface area contributed by atoms with Crippen LogP contribution in [-0.4, -0.2) is 52.5 Å². The van der Waals surface area contributed by atoms with Crippen molar-refractivity contribution >= 4 is 48.1 Å². The predicted octanol–water partition coefficient (Wildman–Crippen LogP) is 4.72. The van der Waals surface area contributed by atoms with Crippen molar-refractivity contribution in [3.63, 3.8) is 0 Å². The first kappa shape index (κ1) is 28.6. The number of anilines is 1. The van der Waals surface area contributed by atoms with Gasteiger partial charge >= 0.3 is 0 Å². The van der Waals surface area contributed by atoms with Gasteiger partial charge in [-0.3, -0.25) is 4.79 Å². The van der Waals surface area contributed by atoms with Gasteiger partial charge in [-0.15, -0.1) is 24.8 Å². The molecular weight excluding hydrogens is 500 g/mol. The average Bonchev–Trinajstić information content (AvgIpc) is 3.14. The summed E-state index contributed by atoms with van der Waals surface area (Å²) in [4.78, 5) is 26.7. The quantitative estimate of drug-likeness (QED) is 0.603. The van der Waals surface area contributed by atoms with Crippen LogP contribution in [0.5, 0.6) is 0 Å². The van der Waals surface area contributed by atoms with Gasteiger partial charge in [0.25, 0.3) is 0 Å². The normalized spacial score (nSPS) is 18.6. The van der Waals surface area contributed by atoms with Gasteiger partial charge in [0.1, 0.15) is 18.0 Å². The molecule has 1 aromatic carbocycles. The minimum Gasteiger partial charge on any atom is -0.353 e. The van der Waals surface area contributed by atoms with Gasteiger partial charge in [-0.05, 0) is 56.7 Å².